The zero-order valence-electron chi connectivity index (χ0n) is 10.3. The number of hydrogen-bond acceptors (Lipinski definition) is 4. The van der Waals surface area contributed by atoms with E-state index in [4.69, 9.17) is 5.11 Å². The van der Waals surface area contributed by atoms with E-state index in [2.05, 4.69) is 15.6 Å². The molecule has 3 amide bonds. The highest BCUT2D eigenvalue weighted by Crippen LogP contribution is 2.29. The summed E-state index contributed by atoms with van der Waals surface area (Å²) in [7, 11) is 0. The third-order valence-corrected chi connectivity index (χ3v) is 3.06. The normalized spacial score (nSPS) is 21.9. The first kappa shape index (κ1) is 13.0. The number of carbonyl (C=O) groups excluding carboxylic acids is 2. The largest absolute Gasteiger partial charge is 0.481 e. The van der Waals surface area contributed by atoms with Crippen LogP contribution in [-0.2, 0) is 15.1 Å². The predicted octanol–water partition coefficient (Wildman–Crippen LogP) is 0.290. The molecule has 0 spiro atoms. The summed E-state index contributed by atoms with van der Waals surface area (Å²) in [6.07, 6.45) is 1.22. The maximum Gasteiger partial charge on any atom is 0.322 e. The Morgan fingerprint density at radius 3 is 2.63 bits per heavy atom. The zero-order chi connectivity index (χ0) is 14.0. The minimum Gasteiger partial charge on any atom is -0.481 e. The summed E-state index contributed by atoms with van der Waals surface area (Å²) in [6.45, 7) is 1.79. The van der Waals surface area contributed by atoms with Crippen molar-refractivity contribution in [2.75, 3.05) is 0 Å². The molecule has 19 heavy (non-hydrogen) atoms. The third-order valence-electron chi connectivity index (χ3n) is 3.06. The molecular formula is C12H13N3O4. The molecule has 1 saturated heterocycles. The lowest BCUT2D eigenvalue weighted by Crippen LogP contribution is -2.44. The minimum absolute atomic E-state index is 0.0232. The van der Waals surface area contributed by atoms with Crippen molar-refractivity contribution in [1.82, 2.24) is 15.6 Å². The minimum atomic E-state index is -1.35. The maximum atomic E-state index is 12.0. The first-order valence-electron chi connectivity index (χ1n) is 5.72. The molecule has 7 nitrogen and oxygen atoms in total. The van der Waals surface area contributed by atoms with Gasteiger partial charge in [-0.25, -0.2) is 4.79 Å². The molecule has 0 radical (unpaired) electrons. The highest BCUT2D eigenvalue weighted by Gasteiger charge is 2.47. The number of pyridine rings is 1. The quantitative estimate of drug-likeness (QED) is 0.676. The Bertz CT molecular complexity index is 540. The van der Waals surface area contributed by atoms with E-state index in [9.17, 15) is 14.4 Å². The van der Waals surface area contributed by atoms with Crippen molar-refractivity contribution in [2.45, 2.75) is 25.3 Å². The maximum absolute atomic E-state index is 12.0. The molecule has 100 valence electrons. The molecule has 1 atom stereocenters. The lowest BCUT2D eigenvalue weighted by molar-refractivity contribution is -0.137. The fraction of sp³-hybridized carbons (Fsp3) is 0.333. The van der Waals surface area contributed by atoms with Gasteiger partial charge >= 0.3 is 12.0 Å². The van der Waals surface area contributed by atoms with Crippen LogP contribution >= 0.6 is 0 Å². The molecule has 2 rings (SSSR count). The molecule has 0 aliphatic carbocycles. The van der Waals surface area contributed by atoms with Gasteiger partial charge in [0.15, 0.2) is 0 Å². The van der Waals surface area contributed by atoms with Crippen LogP contribution in [0.25, 0.3) is 0 Å². The van der Waals surface area contributed by atoms with Gasteiger partial charge in [0.2, 0.25) is 0 Å². The number of imide groups is 1. The van der Waals surface area contributed by atoms with E-state index in [0.29, 0.717) is 5.56 Å². The molecule has 0 aromatic carbocycles. The standard InChI is InChI=1S/C12H13N3O4/c1-7-2-3-8(6-13-7)12(5-4-9(16)17)10(18)14-11(19)15-12/h2-3,6H,4-5H2,1H3,(H,16,17)(H2,14,15,18,19). The summed E-state index contributed by atoms with van der Waals surface area (Å²) in [5.41, 5.74) is -0.111. The first-order chi connectivity index (χ1) is 8.94. The molecule has 1 aliphatic rings. The SMILES string of the molecule is Cc1ccc(C2(CCC(=O)O)NC(=O)NC2=O)cn1. The molecule has 7 heteroatoms. The summed E-state index contributed by atoms with van der Waals surface area (Å²) >= 11 is 0. The number of nitrogens with one attached hydrogen (secondary N) is 2. The van der Waals surface area contributed by atoms with Gasteiger partial charge in [-0.3, -0.25) is 19.9 Å². The van der Waals surface area contributed by atoms with Crippen molar-refractivity contribution in [3.63, 3.8) is 0 Å². The molecule has 2 heterocycles. The van der Waals surface area contributed by atoms with E-state index in [1.165, 1.54) is 6.20 Å². The van der Waals surface area contributed by atoms with Crippen LogP contribution < -0.4 is 10.6 Å². The predicted molar refractivity (Wildman–Crippen MR) is 64.2 cm³/mol. The van der Waals surface area contributed by atoms with Crippen LogP contribution in [0.15, 0.2) is 18.3 Å². The van der Waals surface area contributed by atoms with Gasteiger partial charge in [-0.1, -0.05) is 6.07 Å². The third kappa shape index (κ3) is 2.40. The number of aromatic nitrogens is 1. The van der Waals surface area contributed by atoms with Crippen LogP contribution in [0.3, 0.4) is 0 Å². The van der Waals surface area contributed by atoms with Crippen molar-refractivity contribution in [3.05, 3.63) is 29.6 Å². The van der Waals surface area contributed by atoms with Crippen LogP contribution in [0.5, 0.6) is 0 Å². The van der Waals surface area contributed by atoms with Crippen molar-refractivity contribution in [2.24, 2.45) is 0 Å². The van der Waals surface area contributed by atoms with Gasteiger partial charge in [-0.05, 0) is 19.4 Å². The Balaban J connectivity index is 2.39. The van der Waals surface area contributed by atoms with E-state index in [1.54, 1.807) is 19.1 Å². The number of nitrogens with zero attached hydrogens (tertiary/aromatic N) is 1. The van der Waals surface area contributed by atoms with Gasteiger partial charge in [0, 0.05) is 23.9 Å². The summed E-state index contributed by atoms with van der Waals surface area (Å²) in [5.74, 6) is -1.59. The van der Waals surface area contributed by atoms with Gasteiger partial charge in [-0.2, -0.15) is 0 Å². The van der Waals surface area contributed by atoms with E-state index < -0.39 is 23.4 Å². The number of urea groups is 1. The second-order valence-electron chi connectivity index (χ2n) is 4.40. The van der Waals surface area contributed by atoms with E-state index in [0.717, 1.165) is 5.69 Å². The number of aryl methyl sites for hydroxylation is 1. The van der Waals surface area contributed by atoms with Crippen LogP contribution in [0.2, 0.25) is 0 Å². The fourth-order valence-corrected chi connectivity index (χ4v) is 2.03. The van der Waals surface area contributed by atoms with Gasteiger partial charge in [0.1, 0.15) is 5.54 Å². The molecule has 0 bridgehead atoms. The summed E-state index contributed by atoms with van der Waals surface area (Å²) in [4.78, 5) is 38.1. The van der Waals surface area contributed by atoms with Crippen LogP contribution in [0.4, 0.5) is 4.79 Å². The van der Waals surface area contributed by atoms with Gasteiger partial charge in [-0.15, -0.1) is 0 Å². The number of amides is 3. The van der Waals surface area contributed by atoms with Crippen LogP contribution in [0, 0.1) is 6.92 Å². The van der Waals surface area contributed by atoms with Crippen LogP contribution in [0.1, 0.15) is 24.1 Å². The zero-order valence-corrected chi connectivity index (χ0v) is 10.3. The second-order valence-corrected chi connectivity index (χ2v) is 4.40. The molecule has 1 aromatic heterocycles. The number of carboxylic acid groups (broad SMARTS) is 1. The van der Waals surface area contributed by atoms with Gasteiger partial charge < -0.3 is 10.4 Å². The molecular weight excluding hydrogens is 250 g/mol. The molecule has 3 N–H and O–H groups in total. The van der Waals surface area contributed by atoms with Crippen molar-refractivity contribution >= 4 is 17.9 Å². The number of carboxylic acids is 1. The van der Waals surface area contributed by atoms with Crippen molar-refractivity contribution < 1.29 is 19.5 Å². The Kier molecular flexibility index (Phi) is 3.20. The lowest BCUT2D eigenvalue weighted by Gasteiger charge is -2.25. The van der Waals surface area contributed by atoms with E-state index in [-0.39, 0.29) is 12.8 Å². The Morgan fingerprint density at radius 1 is 1.42 bits per heavy atom. The van der Waals surface area contributed by atoms with Crippen molar-refractivity contribution in [3.8, 4) is 0 Å². The topological polar surface area (TPSA) is 108 Å². The Labute approximate surface area is 109 Å². The molecule has 1 aliphatic heterocycles. The summed E-state index contributed by atoms with van der Waals surface area (Å²) < 4.78 is 0. The second kappa shape index (κ2) is 4.68. The van der Waals surface area contributed by atoms with Crippen molar-refractivity contribution in [1.29, 1.82) is 0 Å². The number of aliphatic carboxylic acids is 1. The highest BCUT2D eigenvalue weighted by molar-refractivity contribution is 6.07. The Hall–Kier alpha value is -2.44. The van der Waals surface area contributed by atoms with E-state index in [1.807, 2.05) is 0 Å². The fourth-order valence-electron chi connectivity index (χ4n) is 2.03. The monoisotopic (exact) mass is 263 g/mol. The number of carbonyl (C=O) groups is 3. The summed E-state index contributed by atoms with van der Waals surface area (Å²) in [5, 5.41) is 13.4. The van der Waals surface area contributed by atoms with E-state index >= 15 is 0 Å². The molecule has 1 aromatic rings. The van der Waals surface area contributed by atoms with Crippen LogP contribution in [-0.4, -0.2) is 28.0 Å². The molecule has 0 saturated carbocycles. The summed E-state index contributed by atoms with van der Waals surface area (Å²) in [6, 6.07) is 2.74. The molecule has 1 fully saturated rings. The van der Waals surface area contributed by atoms with Gasteiger partial charge in [0.25, 0.3) is 5.91 Å². The lowest BCUT2D eigenvalue weighted by atomic mass is 9.86. The number of rotatable bonds is 4. The van der Waals surface area contributed by atoms with Gasteiger partial charge in [0.05, 0.1) is 0 Å². The number of hydrogen-bond donors (Lipinski definition) is 3. The Morgan fingerprint density at radius 2 is 2.16 bits per heavy atom. The molecule has 1 unspecified atom stereocenters. The smallest absolute Gasteiger partial charge is 0.322 e. The first-order valence-corrected chi connectivity index (χ1v) is 5.72. The highest BCUT2D eigenvalue weighted by atomic mass is 16.4. The average Bonchev–Trinajstić information content (AvgIpc) is 2.63. The average molecular weight is 263 g/mol.